The molecule has 0 aliphatic rings. The van der Waals surface area contributed by atoms with Gasteiger partial charge in [0.05, 0.1) is 12.4 Å². The molecular formula is C11H8BrClN4O. The zero-order valence-corrected chi connectivity index (χ0v) is 11.4. The summed E-state index contributed by atoms with van der Waals surface area (Å²) in [5, 5.41) is 9.85. The number of hydrogen-bond donors (Lipinski definition) is 2. The van der Waals surface area contributed by atoms with Crippen LogP contribution in [-0.4, -0.2) is 16.4 Å². The summed E-state index contributed by atoms with van der Waals surface area (Å²) in [5.41, 5.74) is 3.46. The van der Waals surface area contributed by atoms with Gasteiger partial charge in [-0.1, -0.05) is 39.7 Å². The van der Waals surface area contributed by atoms with Crippen molar-refractivity contribution in [1.29, 1.82) is 0 Å². The summed E-state index contributed by atoms with van der Waals surface area (Å²) in [5.74, 6) is 0. The first-order chi connectivity index (χ1) is 8.66. The van der Waals surface area contributed by atoms with Crippen LogP contribution < -0.4 is 11.0 Å². The molecular weight excluding hydrogens is 320 g/mol. The van der Waals surface area contributed by atoms with Gasteiger partial charge in [-0.3, -0.25) is 10.2 Å². The molecule has 2 rings (SSSR count). The van der Waals surface area contributed by atoms with Crippen molar-refractivity contribution in [3.05, 3.63) is 55.9 Å². The Morgan fingerprint density at radius 3 is 3.11 bits per heavy atom. The van der Waals surface area contributed by atoms with Crippen LogP contribution in [0, 0.1) is 0 Å². The quantitative estimate of drug-likeness (QED) is 0.672. The fraction of sp³-hybridized carbons (Fsp3) is 0. The van der Waals surface area contributed by atoms with Gasteiger partial charge in [-0.05, 0) is 17.7 Å². The first kappa shape index (κ1) is 12.8. The second-order valence-corrected chi connectivity index (χ2v) is 4.65. The minimum absolute atomic E-state index is 0.0244. The number of benzene rings is 1. The minimum atomic E-state index is -0.459. The third-order valence-electron chi connectivity index (χ3n) is 2.04. The molecule has 0 amide bonds. The topological polar surface area (TPSA) is 70.1 Å². The van der Waals surface area contributed by atoms with E-state index in [0.29, 0.717) is 5.69 Å². The summed E-state index contributed by atoms with van der Waals surface area (Å²) in [6.45, 7) is 0. The molecule has 2 N–H and O–H groups in total. The van der Waals surface area contributed by atoms with E-state index in [2.05, 4.69) is 36.7 Å². The average molecular weight is 328 g/mol. The van der Waals surface area contributed by atoms with Crippen molar-refractivity contribution in [3.63, 3.8) is 0 Å². The van der Waals surface area contributed by atoms with Crippen molar-refractivity contribution in [3.8, 4) is 0 Å². The summed E-state index contributed by atoms with van der Waals surface area (Å²) in [6, 6.07) is 7.62. The van der Waals surface area contributed by atoms with Gasteiger partial charge in [0.15, 0.2) is 0 Å². The van der Waals surface area contributed by atoms with Crippen LogP contribution in [-0.2, 0) is 0 Å². The van der Waals surface area contributed by atoms with Crippen LogP contribution in [0.4, 0.5) is 5.69 Å². The van der Waals surface area contributed by atoms with Crippen molar-refractivity contribution in [2.75, 3.05) is 5.43 Å². The number of aromatic amines is 1. The van der Waals surface area contributed by atoms with Crippen LogP contribution in [0.25, 0.3) is 0 Å². The number of nitrogens with one attached hydrogen (secondary N) is 2. The molecule has 0 saturated heterocycles. The van der Waals surface area contributed by atoms with E-state index in [9.17, 15) is 4.79 Å². The van der Waals surface area contributed by atoms with Gasteiger partial charge in [0, 0.05) is 4.47 Å². The number of H-pyrrole nitrogens is 1. The van der Waals surface area contributed by atoms with Crippen molar-refractivity contribution in [2.24, 2.45) is 5.10 Å². The first-order valence-corrected chi connectivity index (χ1v) is 6.12. The van der Waals surface area contributed by atoms with E-state index in [-0.39, 0.29) is 5.02 Å². The Kier molecular flexibility index (Phi) is 4.11. The fourth-order valence-corrected chi connectivity index (χ4v) is 1.77. The largest absolute Gasteiger partial charge is 0.285 e. The number of halogens is 2. The van der Waals surface area contributed by atoms with E-state index in [4.69, 9.17) is 11.6 Å². The van der Waals surface area contributed by atoms with E-state index < -0.39 is 5.56 Å². The van der Waals surface area contributed by atoms with Crippen LogP contribution in [0.5, 0.6) is 0 Å². The molecule has 92 valence electrons. The van der Waals surface area contributed by atoms with Crippen LogP contribution >= 0.6 is 27.5 Å². The number of rotatable bonds is 3. The molecule has 0 spiro atoms. The predicted octanol–water partition coefficient (Wildman–Crippen LogP) is 2.63. The van der Waals surface area contributed by atoms with Crippen LogP contribution in [0.15, 0.2) is 44.8 Å². The zero-order valence-electron chi connectivity index (χ0n) is 9.02. The SMILES string of the molecule is O=c1[nH]ncc(N/N=C/c2cccc(Br)c2)c1Cl. The number of hydrazone groups is 1. The monoisotopic (exact) mass is 326 g/mol. The maximum Gasteiger partial charge on any atom is 0.285 e. The molecule has 18 heavy (non-hydrogen) atoms. The van der Waals surface area contributed by atoms with E-state index >= 15 is 0 Å². The lowest BCUT2D eigenvalue weighted by molar-refractivity contribution is 0.987. The second kappa shape index (κ2) is 5.79. The van der Waals surface area contributed by atoms with Crippen LogP contribution in [0.2, 0.25) is 5.02 Å². The van der Waals surface area contributed by atoms with Crippen LogP contribution in [0.3, 0.4) is 0 Å². The lowest BCUT2D eigenvalue weighted by atomic mass is 10.2. The normalized spacial score (nSPS) is 10.8. The highest BCUT2D eigenvalue weighted by molar-refractivity contribution is 9.10. The Morgan fingerprint density at radius 1 is 1.50 bits per heavy atom. The summed E-state index contributed by atoms with van der Waals surface area (Å²) in [6.07, 6.45) is 3.00. The van der Waals surface area contributed by atoms with Gasteiger partial charge >= 0.3 is 0 Å². The molecule has 0 aliphatic heterocycles. The van der Waals surface area contributed by atoms with E-state index in [1.54, 1.807) is 6.21 Å². The minimum Gasteiger partial charge on any atom is -0.275 e. The molecule has 0 bridgehead atoms. The van der Waals surface area contributed by atoms with E-state index in [0.717, 1.165) is 10.0 Å². The van der Waals surface area contributed by atoms with Gasteiger partial charge in [0.2, 0.25) is 0 Å². The fourth-order valence-electron chi connectivity index (χ4n) is 1.22. The Balaban J connectivity index is 2.12. The number of anilines is 1. The van der Waals surface area contributed by atoms with Gasteiger partial charge in [-0.15, -0.1) is 0 Å². The van der Waals surface area contributed by atoms with Crippen molar-refractivity contribution in [2.45, 2.75) is 0 Å². The molecule has 0 aliphatic carbocycles. The molecule has 0 saturated carbocycles. The van der Waals surface area contributed by atoms with Gasteiger partial charge in [-0.2, -0.15) is 10.2 Å². The average Bonchev–Trinajstić information content (AvgIpc) is 2.35. The summed E-state index contributed by atoms with van der Waals surface area (Å²) >= 11 is 9.13. The molecule has 1 aromatic carbocycles. The van der Waals surface area contributed by atoms with Crippen molar-refractivity contribution in [1.82, 2.24) is 10.2 Å². The van der Waals surface area contributed by atoms with Crippen molar-refractivity contribution < 1.29 is 0 Å². The lowest BCUT2D eigenvalue weighted by Gasteiger charge is -2.00. The third kappa shape index (κ3) is 3.18. The molecule has 0 fully saturated rings. The summed E-state index contributed by atoms with van der Waals surface area (Å²) in [4.78, 5) is 11.2. The standard InChI is InChI=1S/C11H8BrClN4O/c12-8-3-1-2-7(4-8)5-14-16-9-6-15-17-11(18)10(9)13/h1-6H,(H2,16,17,18)/b14-5+. The highest BCUT2D eigenvalue weighted by atomic mass is 79.9. The predicted molar refractivity (Wildman–Crippen MR) is 75.2 cm³/mol. The number of hydrogen-bond acceptors (Lipinski definition) is 4. The lowest BCUT2D eigenvalue weighted by Crippen LogP contribution is -2.10. The summed E-state index contributed by atoms with van der Waals surface area (Å²) in [7, 11) is 0. The van der Waals surface area contributed by atoms with Gasteiger partial charge < -0.3 is 0 Å². The number of nitrogens with zero attached hydrogens (tertiary/aromatic N) is 2. The molecule has 1 aromatic heterocycles. The molecule has 1 heterocycles. The maximum atomic E-state index is 11.2. The number of aromatic nitrogens is 2. The smallest absolute Gasteiger partial charge is 0.275 e. The Hall–Kier alpha value is -1.66. The van der Waals surface area contributed by atoms with E-state index in [1.807, 2.05) is 24.3 Å². The maximum absolute atomic E-state index is 11.2. The highest BCUT2D eigenvalue weighted by Gasteiger charge is 2.02. The van der Waals surface area contributed by atoms with Crippen molar-refractivity contribution >= 4 is 39.4 Å². The summed E-state index contributed by atoms with van der Waals surface area (Å²) < 4.78 is 0.960. The highest BCUT2D eigenvalue weighted by Crippen LogP contribution is 2.14. The molecule has 2 aromatic rings. The van der Waals surface area contributed by atoms with E-state index in [1.165, 1.54) is 6.20 Å². The molecule has 0 unspecified atom stereocenters. The first-order valence-electron chi connectivity index (χ1n) is 4.94. The molecule has 7 heteroatoms. The zero-order chi connectivity index (χ0) is 13.0. The third-order valence-corrected chi connectivity index (χ3v) is 2.91. The molecule has 5 nitrogen and oxygen atoms in total. The van der Waals surface area contributed by atoms with Gasteiger partial charge in [0.1, 0.15) is 10.7 Å². The molecule has 0 atom stereocenters. The second-order valence-electron chi connectivity index (χ2n) is 3.35. The Morgan fingerprint density at radius 2 is 2.33 bits per heavy atom. The Bertz CT molecular complexity index is 641. The van der Waals surface area contributed by atoms with Gasteiger partial charge in [-0.25, -0.2) is 5.10 Å². The molecule has 0 radical (unpaired) electrons. The Labute approximate surface area is 116 Å². The van der Waals surface area contributed by atoms with Crippen LogP contribution in [0.1, 0.15) is 5.56 Å². The van der Waals surface area contributed by atoms with Gasteiger partial charge in [0.25, 0.3) is 5.56 Å².